The van der Waals surface area contributed by atoms with E-state index in [0.717, 1.165) is 17.3 Å². The number of benzene rings is 1. The first-order valence-electron chi connectivity index (χ1n) is 7.79. The van der Waals surface area contributed by atoms with Crippen molar-refractivity contribution in [3.05, 3.63) is 34.3 Å². The summed E-state index contributed by atoms with van der Waals surface area (Å²) in [5.41, 5.74) is 0.159. The van der Waals surface area contributed by atoms with Crippen molar-refractivity contribution in [3.63, 3.8) is 0 Å². The summed E-state index contributed by atoms with van der Waals surface area (Å²) in [5, 5.41) is 3.03. The average Bonchev–Trinajstić information content (AvgIpc) is 2.46. The van der Waals surface area contributed by atoms with Gasteiger partial charge >= 0.3 is 6.09 Å². The van der Waals surface area contributed by atoms with E-state index < -0.39 is 5.60 Å². The maximum Gasteiger partial charge on any atom is 0.410 e. The SMILES string of the molecule is CC(C)(C)OC(=O)N1CCC(NC(=O)c2ccc(Br)cc2)CC1. The minimum Gasteiger partial charge on any atom is -0.444 e. The Labute approximate surface area is 145 Å². The molecule has 6 heteroatoms. The summed E-state index contributed by atoms with van der Waals surface area (Å²) >= 11 is 3.35. The van der Waals surface area contributed by atoms with E-state index in [-0.39, 0.29) is 18.0 Å². The van der Waals surface area contributed by atoms with E-state index >= 15 is 0 Å². The number of hydrogen-bond donors (Lipinski definition) is 1. The average molecular weight is 383 g/mol. The van der Waals surface area contributed by atoms with Crippen LogP contribution in [0.25, 0.3) is 0 Å². The second-order valence-corrected chi connectivity index (χ2v) is 7.64. The number of halogens is 1. The Bertz CT molecular complexity index is 558. The van der Waals surface area contributed by atoms with Crippen LogP contribution in [0.3, 0.4) is 0 Å². The smallest absolute Gasteiger partial charge is 0.410 e. The molecule has 1 N–H and O–H groups in total. The number of rotatable bonds is 2. The van der Waals surface area contributed by atoms with Crippen LogP contribution in [0.15, 0.2) is 28.7 Å². The van der Waals surface area contributed by atoms with Gasteiger partial charge < -0.3 is 15.0 Å². The van der Waals surface area contributed by atoms with Gasteiger partial charge in [0.05, 0.1) is 0 Å². The van der Waals surface area contributed by atoms with E-state index in [1.807, 2.05) is 32.9 Å². The highest BCUT2D eigenvalue weighted by Gasteiger charge is 2.27. The van der Waals surface area contributed by atoms with Crippen LogP contribution in [0.2, 0.25) is 0 Å². The number of piperidine rings is 1. The van der Waals surface area contributed by atoms with Gasteiger partial charge in [0.2, 0.25) is 0 Å². The van der Waals surface area contributed by atoms with Gasteiger partial charge in [-0.15, -0.1) is 0 Å². The molecule has 0 atom stereocenters. The van der Waals surface area contributed by atoms with E-state index in [1.54, 1.807) is 17.0 Å². The van der Waals surface area contributed by atoms with Crippen LogP contribution in [0.4, 0.5) is 4.79 Å². The zero-order chi connectivity index (χ0) is 17.0. The Balaban J connectivity index is 1.81. The number of nitrogens with one attached hydrogen (secondary N) is 1. The van der Waals surface area contributed by atoms with E-state index in [0.29, 0.717) is 18.7 Å². The minimum absolute atomic E-state index is 0.0757. The monoisotopic (exact) mass is 382 g/mol. The van der Waals surface area contributed by atoms with Gasteiger partial charge in [0, 0.05) is 29.2 Å². The molecule has 1 heterocycles. The van der Waals surface area contributed by atoms with Crippen molar-refractivity contribution in [2.75, 3.05) is 13.1 Å². The summed E-state index contributed by atoms with van der Waals surface area (Å²) in [6, 6.07) is 7.36. The molecule has 1 aliphatic heterocycles. The van der Waals surface area contributed by atoms with Gasteiger partial charge in [-0.05, 0) is 57.9 Å². The molecule has 1 aromatic rings. The maximum absolute atomic E-state index is 12.2. The molecule has 0 radical (unpaired) electrons. The van der Waals surface area contributed by atoms with Crippen LogP contribution in [0.1, 0.15) is 44.0 Å². The topological polar surface area (TPSA) is 58.6 Å². The lowest BCUT2D eigenvalue weighted by atomic mass is 10.0. The van der Waals surface area contributed by atoms with Crippen molar-refractivity contribution in [1.82, 2.24) is 10.2 Å². The van der Waals surface area contributed by atoms with Crippen LogP contribution < -0.4 is 5.32 Å². The van der Waals surface area contributed by atoms with Crippen molar-refractivity contribution >= 4 is 27.9 Å². The Hall–Kier alpha value is -1.56. The molecule has 0 spiro atoms. The molecular weight excluding hydrogens is 360 g/mol. The quantitative estimate of drug-likeness (QED) is 0.850. The number of carbonyl (C=O) groups is 2. The van der Waals surface area contributed by atoms with Crippen molar-refractivity contribution in [3.8, 4) is 0 Å². The molecule has 2 rings (SSSR count). The van der Waals surface area contributed by atoms with E-state index in [1.165, 1.54) is 0 Å². The van der Waals surface area contributed by atoms with Crippen LogP contribution in [0.5, 0.6) is 0 Å². The summed E-state index contributed by atoms with van der Waals surface area (Å²) in [6.07, 6.45) is 1.19. The van der Waals surface area contributed by atoms with Gasteiger partial charge in [0.15, 0.2) is 0 Å². The summed E-state index contributed by atoms with van der Waals surface area (Å²) in [5.74, 6) is -0.0757. The number of hydrogen-bond acceptors (Lipinski definition) is 3. The first-order valence-corrected chi connectivity index (χ1v) is 8.58. The number of amides is 2. The van der Waals surface area contributed by atoms with Crippen molar-refractivity contribution in [2.24, 2.45) is 0 Å². The molecule has 1 saturated heterocycles. The molecule has 0 aliphatic carbocycles. The summed E-state index contributed by atoms with van der Waals surface area (Å²) in [6.45, 7) is 6.77. The van der Waals surface area contributed by atoms with Crippen molar-refractivity contribution in [1.29, 1.82) is 0 Å². The highest BCUT2D eigenvalue weighted by Crippen LogP contribution is 2.16. The molecule has 1 aliphatic rings. The standard InChI is InChI=1S/C17H23BrN2O3/c1-17(2,3)23-16(22)20-10-8-14(9-11-20)19-15(21)12-4-6-13(18)7-5-12/h4-7,14H,8-11H2,1-3H3,(H,19,21). The van der Waals surface area contributed by atoms with Crippen molar-refractivity contribution in [2.45, 2.75) is 45.3 Å². The Kier molecular flexibility index (Phi) is 5.68. The summed E-state index contributed by atoms with van der Waals surface area (Å²) in [7, 11) is 0. The summed E-state index contributed by atoms with van der Waals surface area (Å²) < 4.78 is 6.31. The molecule has 5 nitrogen and oxygen atoms in total. The van der Waals surface area contributed by atoms with Gasteiger partial charge in [-0.25, -0.2) is 4.79 Å². The number of ether oxygens (including phenoxy) is 1. The third kappa shape index (κ3) is 5.53. The summed E-state index contributed by atoms with van der Waals surface area (Å²) in [4.78, 5) is 25.9. The fourth-order valence-electron chi connectivity index (χ4n) is 2.40. The zero-order valence-electron chi connectivity index (χ0n) is 13.8. The fourth-order valence-corrected chi connectivity index (χ4v) is 2.67. The fraction of sp³-hybridized carbons (Fsp3) is 0.529. The molecule has 126 valence electrons. The van der Waals surface area contributed by atoms with Gasteiger partial charge in [-0.2, -0.15) is 0 Å². The predicted molar refractivity (Wildman–Crippen MR) is 92.4 cm³/mol. The lowest BCUT2D eigenvalue weighted by Gasteiger charge is -2.33. The Morgan fingerprint density at radius 3 is 2.26 bits per heavy atom. The molecule has 1 aromatic carbocycles. The van der Waals surface area contributed by atoms with E-state index in [2.05, 4.69) is 21.2 Å². The molecule has 0 saturated carbocycles. The molecule has 0 aromatic heterocycles. The van der Waals surface area contributed by atoms with Gasteiger partial charge in [0.1, 0.15) is 5.60 Å². The molecule has 0 bridgehead atoms. The molecule has 23 heavy (non-hydrogen) atoms. The lowest BCUT2D eigenvalue weighted by Crippen LogP contribution is -2.47. The Morgan fingerprint density at radius 2 is 1.74 bits per heavy atom. The van der Waals surface area contributed by atoms with Gasteiger partial charge in [-0.3, -0.25) is 4.79 Å². The molecule has 0 unspecified atom stereocenters. The van der Waals surface area contributed by atoms with Crippen LogP contribution in [-0.4, -0.2) is 41.6 Å². The number of likely N-dealkylation sites (tertiary alicyclic amines) is 1. The molecule has 2 amide bonds. The first-order chi connectivity index (χ1) is 10.7. The second-order valence-electron chi connectivity index (χ2n) is 6.72. The molecule has 1 fully saturated rings. The zero-order valence-corrected chi connectivity index (χ0v) is 15.4. The normalized spacial score (nSPS) is 16.1. The predicted octanol–water partition coefficient (Wildman–Crippen LogP) is 3.58. The second kappa shape index (κ2) is 7.34. The lowest BCUT2D eigenvalue weighted by molar-refractivity contribution is 0.0199. The highest BCUT2D eigenvalue weighted by molar-refractivity contribution is 9.10. The van der Waals surface area contributed by atoms with Crippen LogP contribution in [0, 0.1) is 0 Å². The molecular formula is C17H23BrN2O3. The van der Waals surface area contributed by atoms with Crippen molar-refractivity contribution < 1.29 is 14.3 Å². The van der Waals surface area contributed by atoms with E-state index in [9.17, 15) is 9.59 Å². The van der Waals surface area contributed by atoms with Crippen LogP contribution in [-0.2, 0) is 4.74 Å². The highest BCUT2D eigenvalue weighted by atomic mass is 79.9. The largest absolute Gasteiger partial charge is 0.444 e. The number of nitrogens with zero attached hydrogens (tertiary/aromatic N) is 1. The Morgan fingerprint density at radius 1 is 1.17 bits per heavy atom. The first kappa shape index (κ1) is 17.8. The minimum atomic E-state index is -0.482. The van der Waals surface area contributed by atoms with Gasteiger partial charge in [-0.1, -0.05) is 15.9 Å². The number of carbonyl (C=O) groups excluding carboxylic acids is 2. The maximum atomic E-state index is 12.2. The van der Waals surface area contributed by atoms with E-state index in [4.69, 9.17) is 4.74 Å². The van der Waals surface area contributed by atoms with Crippen LogP contribution >= 0.6 is 15.9 Å². The third-order valence-corrected chi connectivity index (χ3v) is 4.12. The van der Waals surface area contributed by atoms with Gasteiger partial charge in [0.25, 0.3) is 5.91 Å². The third-order valence-electron chi connectivity index (χ3n) is 3.59.